The summed E-state index contributed by atoms with van der Waals surface area (Å²) in [6.45, 7) is 2.47. The van der Waals surface area contributed by atoms with E-state index in [-0.39, 0.29) is 5.41 Å². The summed E-state index contributed by atoms with van der Waals surface area (Å²) >= 11 is 0. The zero-order chi connectivity index (χ0) is 12.4. The van der Waals surface area contributed by atoms with Crippen LogP contribution in [-0.2, 0) is 4.79 Å². The molecule has 1 nitrogen and oxygen atoms in total. The molecule has 2 unspecified atom stereocenters. The van der Waals surface area contributed by atoms with Gasteiger partial charge in [-0.1, -0.05) is 19.8 Å². The molecule has 5 fully saturated rings. The van der Waals surface area contributed by atoms with Gasteiger partial charge >= 0.3 is 0 Å². The largest absolute Gasteiger partial charge is 0.299 e. The summed E-state index contributed by atoms with van der Waals surface area (Å²) in [5.41, 5.74) is 0.674. The Morgan fingerprint density at radius 3 is 2.33 bits per heavy atom. The number of carbonyl (C=O) groups excluding carboxylic acids is 1. The quantitative estimate of drug-likeness (QED) is 0.720. The van der Waals surface area contributed by atoms with E-state index in [4.69, 9.17) is 0 Å². The summed E-state index contributed by atoms with van der Waals surface area (Å²) < 4.78 is 0. The molecule has 1 heteroatoms. The average Bonchev–Trinajstić information content (AvgIpc) is 3.05. The summed E-state index contributed by atoms with van der Waals surface area (Å²) in [5, 5.41) is 0. The monoisotopic (exact) mass is 246 g/mol. The number of Topliss-reactive ketones (excluding diaryl/α,β-unsaturated/α-hetero) is 1. The Morgan fingerprint density at radius 1 is 1.11 bits per heavy atom. The van der Waals surface area contributed by atoms with Crippen LogP contribution in [0.3, 0.4) is 0 Å². The van der Waals surface area contributed by atoms with Gasteiger partial charge in [0.1, 0.15) is 5.78 Å². The van der Waals surface area contributed by atoms with Crippen LogP contribution in [0.1, 0.15) is 71.1 Å². The first-order valence-corrected chi connectivity index (χ1v) is 8.10. The third kappa shape index (κ3) is 1.77. The normalized spacial score (nSPS) is 49.6. The lowest BCUT2D eigenvalue weighted by molar-refractivity contribution is -0.153. The van der Waals surface area contributed by atoms with Crippen LogP contribution >= 0.6 is 0 Å². The molecule has 0 radical (unpaired) electrons. The first-order valence-electron chi connectivity index (χ1n) is 8.10. The van der Waals surface area contributed by atoms with Gasteiger partial charge in [-0.3, -0.25) is 4.79 Å². The molecule has 0 aliphatic heterocycles. The third-order valence-corrected chi connectivity index (χ3v) is 6.42. The Hall–Kier alpha value is -0.330. The fourth-order valence-electron chi connectivity index (χ4n) is 6.05. The van der Waals surface area contributed by atoms with E-state index in [0.29, 0.717) is 11.2 Å². The van der Waals surface area contributed by atoms with Crippen LogP contribution in [0.2, 0.25) is 0 Å². The maximum Gasteiger partial charge on any atom is 0.139 e. The van der Waals surface area contributed by atoms with Crippen molar-refractivity contribution in [2.75, 3.05) is 0 Å². The zero-order valence-corrected chi connectivity index (χ0v) is 11.7. The topological polar surface area (TPSA) is 17.1 Å². The molecule has 4 bridgehead atoms. The predicted molar refractivity (Wildman–Crippen MR) is 72.2 cm³/mol. The fourth-order valence-corrected chi connectivity index (χ4v) is 6.05. The van der Waals surface area contributed by atoms with Gasteiger partial charge in [0.25, 0.3) is 0 Å². The van der Waals surface area contributed by atoms with Crippen molar-refractivity contribution in [1.82, 2.24) is 0 Å². The zero-order valence-electron chi connectivity index (χ0n) is 11.7. The second-order valence-electron chi connectivity index (χ2n) is 8.46. The lowest BCUT2D eigenvalue weighted by Crippen LogP contribution is -2.53. The molecule has 0 spiro atoms. The van der Waals surface area contributed by atoms with Crippen LogP contribution in [0.25, 0.3) is 0 Å². The molecule has 5 rings (SSSR count). The second-order valence-corrected chi connectivity index (χ2v) is 8.46. The van der Waals surface area contributed by atoms with E-state index >= 15 is 0 Å². The molecule has 0 heterocycles. The Bertz CT molecular complexity index is 365. The summed E-state index contributed by atoms with van der Waals surface area (Å²) in [6.07, 6.45) is 12.9. The van der Waals surface area contributed by atoms with Crippen molar-refractivity contribution in [3.05, 3.63) is 0 Å². The van der Waals surface area contributed by atoms with Crippen molar-refractivity contribution < 1.29 is 4.79 Å². The lowest BCUT2D eigenvalue weighted by Gasteiger charge is -2.60. The van der Waals surface area contributed by atoms with Gasteiger partial charge in [-0.15, -0.1) is 0 Å². The summed E-state index contributed by atoms with van der Waals surface area (Å²) in [6, 6.07) is 0. The second kappa shape index (κ2) is 3.61. The molecular formula is C17H26O. The smallest absolute Gasteiger partial charge is 0.139 e. The molecule has 5 aliphatic carbocycles. The Morgan fingerprint density at radius 2 is 1.78 bits per heavy atom. The fraction of sp³-hybridized carbons (Fsp3) is 0.941. The van der Waals surface area contributed by atoms with E-state index in [1.165, 1.54) is 57.8 Å². The number of rotatable bonds is 4. The van der Waals surface area contributed by atoms with Crippen molar-refractivity contribution in [2.24, 2.45) is 28.6 Å². The minimum Gasteiger partial charge on any atom is -0.299 e. The van der Waals surface area contributed by atoms with Crippen molar-refractivity contribution in [3.8, 4) is 0 Å². The van der Waals surface area contributed by atoms with Gasteiger partial charge in [-0.05, 0) is 68.1 Å². The number of ketones is 1. The van der Waals surface area contributed by atoms with Crippen molar-refractivity contribution >= 4 is 5.78 Å². The minimum atomic E-state index is 0.147. The third-order valence-electron chi connectivity index (χ3n) is 6.42. The number of carbonyl (C=O) groups is 1. The standard InChI is InChI=1S/C17H26O/c1-16-7-13-6-14(8-16)10-17(9-13,11-16)15(18)5-4-12-2-3-12/h12-14H,2-11H2,1H3. The Kier molecular flexibility index (Phi) is 2.31. The van der Waals surface area contributed by atoms with Gasteiger partial charge in [0.05, 0.1) is 0 Å². The number of hydrogen-bond donors (Lipinski definition) is 0. The molecule has 0 aromatic rings. The highest BCUT2D eigenvalue weighted by molar-refractivity contribution is 5.85. The lowest BCUT2D eigenvalue weighted by atomic mass is 9.43. The number of hydrogen-bond acceptors (Lipinski definition) is 1. The average molecular weight is 246 g/mol. The Labute approximate surface area is 111 Å². The van der Waals surface area contributed by atoms with Crippen molar-refractivity contribution in [1.29, 1.82) is 0 Å². The van der Waals surface area contributed by atoms with Crippen molar-refractivity contribution in [2.45, 2.75) is 71.1 Å². The molecule has 2 atom stereocenters. The molecule has 0 aromatic carbocycles. The first kappa shape index (κ1) is 11.5. The first-order chi connectivity index (χ1) is 8.57. The van der Waals surface area contributed by atoms with Crippen LogP contribution in [0.4, 0.5) is 0 Å². The maximum absolute atomic E-state index is 12.8. The SMILES string of the molecule is CC12CC3CC(C1)CC(C(=O)CCC1CC1)(C3)C2. The summed E-state index contributed by atoms with van der Waals surface area (Å²) in [5.74, 6) is 3.36. The van der Waals surface area contributed by atoms with Crippen molar-refractivity contribution in [3.63, 3.8) is 0 Å². The van der Waals surface area contributed by atoms with E-state index in [2.05, 4.69) is 6.92 Å². The van der Waals surface area contributed by atoms with E-state index in [1.807, 2.05) is 0 Å². The highest BCUT2D eigenvalue weighted by Gasteiger charge is 2.58. The van der Waals surface area contributed by atoms with Crippen LogP contribution in [0, 0.1) is 28.6 Å². The van der Waals surface area contributed by atoms with Gasteiger partial charge in [-0.25, -0.2) is 0 Å². The highest BCUT2D eigenvalue weighted by atomic mass is 16.1. The van der Waals surface area contributed by atoms with Gasteiger partial charge in [-0.2, -0.15) is 0 Å². The van der Waals surface area contributed by atoms with Crippen LogP contribution in [0.5, 0.6) is 0 Å². The molecule has 100 valence electrons. The van der Waals surface area contributed by atoms with E-state index in [9.17, 15) is 4.79 Å². The molecule has 0 saturated heterocycles. The van der Waals surface area contributed by atoms with E-state index in [0.717, 1.165) is 24.2 Å². The van der Waals surface area contributed by atoms with Crippen LogP contribution < -0.4 is 0 Å². The molecular weight excluding hydrogens is 220 g/mol. The molecule has 18 heavy (non-hydrogen) atoms. The van der Waals surface area contributed by atoms with E-state index in [1.54, 1.807) is 0 Å². The van der Waals surface area contributed by atoms with Gasteiger partial charge < -0.3 is 0 Å². The summed E-state index contributed by atoms with van der Waals surface area (Å²) in [4.78, 5) is 12.8. The molecule has 0 aromatic heterocycles. The Balaban J connectivity index is 1.53. The van der Waals surface area contributed by atoms with E-state index < -0.39 is 0 Å². The maximum atomic E-state index is 12.8. The van der Waals surface area contributed by atoms with Gasteiger partial charge in [0.15, 0.2) is 0 Å². The minimum absolute atomic E-state index is 0.147. The molecule has 5 aliphatic rings. The molecule has 0 amide bonds. The predicted octanol–water partition coefficient (Wildman–Crippen LogP) is 4.35. The highest BCUT2D eigenvalue weighted by Crippen LogP contribution is 2.65. The van der Waals surface area contributed by atoms with Gasteiger partial charge in [0.2, 0.25) is 0 Å². The molecule has 0 N–H and O–H groups in total. The summed E-state index contributed by atoms with van der Waals surface area (Å²) in [7, 11) is 0. The van der Waals surface area contributed by atoms with Crippen LogP contribution in [0.15, 0.2) is 0 Å². The van der Waals surface area contributed by atoms with Gasteiger partial charge in [0, 0.05) is 11.8 Å². The molecule has 5 saturated carbocycles. The van der Waals surface area contributed by atoms with Crippen LogP contribution in [-0.4, -0.2) is 5.78 Å².